The van der Waals surface area contributed by atoms with Crippen LogP contribution < -0.4 is 5.32 Å². The number of nitrogens with one attached hydrogen (secondary N) is 1. The summed E-state index contributed by atoms with van der Waals surface area (Å²) in [5.41, 5.74) is 1.48. The summed E-state index contributed by atoms with van der Waals surface area (Å²) in [5.74, 6) is 0.748. The lowest BCUT2D eigenvalue weighted by Crippen LogP contribution is -2.37. The van der Waals surface area contributed by atoms with Gasteiger partial charge in [0, 0.05) is 12.1 Å². The standard InChI is InChI=1S/C20H33N/c1-3-17(4-2)20(18-13-9-8-10-14-18)21-19-15-11-6-5-7-12-16-19/h8-10,13-14,17,19-21H,3-7,11-12,15-16H2,1-2H3. The third-order valence-corrected chi connectivity index (χ3v) is 5.20. The second-order valence-electron chi connectivity index (χ2n) is 6.67. The van der Waals surface area contributed by atoms with E-state index in [1.807, 2.05) is 0 Å². The molecule has 1 aromatic carbocycles. The van der Waals surface area contributed by atoms with Gasteiger partial charge in [-0.1, -0.05) is 89.1 Å². The summed E-state index contributed by atoms with van der Waals surface area (Å²) in [6.07, 6.45) is 12.4. The average molecular weight is 287 g/mol. The molecule has 0 heterocycles. The molecule has 0 aliphatic heterocycles. The van der Waals surface area contributed by atoms with Crippen LogP contribution in [0.3, 0.4) is 0 Å². The van der Waals surface area contributed by atoms with E-state index in [9.17, 15) is 0 Å². The molecule has 0 amide bonds. The molecular weight excluding hydrogens is 254 g/mol. The topological polar surface area (TPSA) is 12.0 Å². The highest BCUT2D eigenvalue weighted by atomic mass is 15.0. The Morgan fingerprint density at radius 2 is 1.48 bits per heavy atom. The van der Waals surface area contributed by atoms with Crippen LogP contribution in [0.4, 0.5) is 0 Å². The molecular formula is C20H33N. The molecule has 1 aromatic rings. The lowest BCUT2D eigenvalue weighted by molar-refractivity contribution is 0.279. The first-order chi connectivity index (χ1) is 10.3. The molecule has 1 saturated carbocycles. The van der Waals surface area contributed by atoms with Gasteiger partial charge < -0.3 is 5.32 Å². The Labute approximate surface area is 131 Å². The molecule has 1 fully saturated rings. The minimum atomic E-state index is 0.533. The predicted octanol–water partition coefficient (Wildman–Crippen LogP) is 5.87. The van der Waals surface area contributed by atoms with Gasteiger partial charge >= 0.3 is 0 Å². The fraction of sp³-hybridized carbons (Fsp3) is 0.700. The highest BCUT2D eigenvalue weighted by Crippen LogP contribution is 2.29. The van der Waals surface area contributed by atoms with Crippen molar-refractivity contribution < 1.29 is 0 Å². The van der Waals surface area contributed by atoms with Gasteiger partial charge in [0.15, 0.2) is 0 Å². The second-order valence-corrected chi connectivity index (χ2v) is 6.67. The zero-order valence-corrected chi connectivity index (χ0v) is 14.0. The molecule has 1 N–H and O–H groups in total. The Balaban J connectivity index is 2.07. The summed E-state index contributed by atoms with van der Waals surface area (Å²) in [6, 6.07) is 12.4. The molecule has 1 heteroatoms. The summed E-state index contributed by atoms with van der Waals surface area (Å²) < 4.78 is 0. The van der Waals surface area contributed by atoms with Gasteiger partial charge in [-0.15, -0.1) is 0 Å². The maximum atomic E-state index is 4.04. The molecule has 118 valence electrons. The van der Waals surface area contributed by atoms with Crippen LogP contribution in [0.1, 0.15) is 83.2 Å². The molecule has 1 unspecified atom stereocenters. The summed E-state index contributed by atoms with van der Waals surface area (Å²) in [6.45, 7) is 4.67. The lowest BCUT2D eigenvalue weighted by Gasteiger charge is -2.32. The fourth-order valence-electron chi connectivity index (χ4n) is 3.80. The monoisotopic (exact) mass is 287 g/mol. The fourth-order valence-corrected chi connectivity index (χ4v) is 3.80. The van der Waals surface area contributed by atoms with Crippen LogP contribution in [-0.2, 0) is 0 Å². The molecule has 21 heavy (non-hydrogen) atoms. The quantitative estimate of drug-likeness (QED) is 0.690. The molecule has 0 saturated heterocycles. The normalized spacial score (nSPS) is 19.2. The van der Waals surface area contributed by atoms with Gasteiger partial charge in [-0.2, -0.15) is 0 Å². The van der Waals surface area contributed by atoms with Crippen molar-refractivity contribution in [2.75, 3.05) is 0 Å². The lowest BCUT2D eigenvalue weighted by atomic mass is 9.87. The third-order valence-electron chi connectivity index (χ3n) is 5.20. The third kappa shape index (κ3) is 5.14. The molecule has 0 spiro atoms. The second kappa shape index (κ2) is 9.25. The van der Waals surface area contributed by atoms with E-state index in [0.717, 1.165) is 12.0 Å². The first-order valence-corrected chi connectivity index (χ1v) is 9.16. The van der Waals surface area contributed by atoms with Crippen LogP contribution in [0.5, 0.6) is 0 Å². The van der Waals surface area contributed by atoms with E-state index >= 15 is 0 Å². The Hall–Kier alpha value is -0.820. The van der Waals surface area contributed by atoms with E-state index in [4.69, 9.17) is 0 Å². The molecule has 0 bridgehead atoms. The van der Waals surface area contributed by atoms with Crippen molar-refractivity contribution in [3.8, 4) is 0 Å². The maximum absolute atomic E-state index is 4.04. The van der Waals surface area contributed by atoms with Crippen molar-refractivity contribution in [3.63, 3.8) is 0 Å². The number of benzene rings is 1. The van der Waals surface area contributed by atoms with E-state index in [0.29, 0.717) is 6.04 Å². The smallest absolute Gasteiger partial charge is 0.0350 e. The first-order valence-electron chi connectivity index (χ1n) is 9.16. The van der Waals surface area contributed by atoms with Crippen LogP contribution in [0.15, 0.2) is 30.3 Å². The summed E-state index contributed by atoms with van der Waals surface area (Å²) >= 11 is 0. The minimum Gasteiger partial charge on any atom is -0.307 e. The number of hydrogen-bond donors (Lipinski definition) is 1. The van der Waals surface area contributed by atoms with Crippen molar-refractivity contribution in [1.29, 1.82) is 0 Å². The van der Waals surface area contributed by atoms with Gasteiger partial charge in [-0.3, -0.25) is 0 Å². The van der Waals surface area contributed by atoms with Crippen LogP contribution in [0.25, 0.3) is 0 Å². The van der Waals surface area contributed by atoms with Gasteiger partial charge in [0.05, 0.1) is 0 Å². The zero-order chi connectivity index (χ0) is 14.9. The SMILES string of the molecule is CCC(CC)C(NC1CCCCCCC1)c1ccccc1. The van der Waals surface area contributed by atoms with E-state index < -0.39 is 0 Å². The van der Waals surface area contributed by atoms with Gasteiger partial charge in [0.2, 0.25) is 0 Å². The molecule has 0 radical (unpaired) electrons. The van der Waals surface area contributed by atoms with Crippen molar-refractivity contribution in [2.24, 2.45) is 5.92 Å². The number of hydrogen-bond acceptors (Lipinski definition) is 1. The highest BCUT2D eigenvalue weighted by Gasteiger charge is 2.23. The largest absolute Gasteiger partial charge is 0.307 e. The van der Waals surface area contributed by atoms with Gasteiger partial charge in [0.25, 0.3) is 0 Å². The van der Waals surface area contributed by atoms with Crippen LogP contribution >= 0.6 is 0 Å². The van der Waals surface area contributed by atoms with Crippen LogP contribution in [0, 0.1) is 5.92 Å². The van der Waals surface area contributed by atoms with Crippen molar-refractivity contribution in [1.82, 2.24) is 5.32 Å². The number of rotatable bonds is 6. The van der Waals surface area contributed by atoms with E-state index in [1.165, 1.54) is 63.4 Å². The average Bonchev–Trinajstić information content (AvgIpc) is 2.50. The zero-order valence-electron chi connectivity index (χ0n) is 14.0. The molecule has 2 rings (SSSR count). The molecule has 1 nitrogen and oxygen atoms in total. The summed E-state index contributed by atoms with van der Waals surface area (Å²) in [4.78, 5) is 0. The first kappa shape index (κ1) is 16.5. The predicted molar refractivity (Wildman–Crippen MR) is 92.5 cm³/mol. The minimum absolute atomic E-state index is 0.533. The van der Waals surface area contributed by atoms with Crippen molar-refractivity contribution in [2.45, 2.75) is 83.7 Å². The summed E-state index contributed by atoms with van der Waals surface area (Å²) in [7, 11) is 0. The highest BCUT2D eigenvalue weighted by molar-refractivity contribution is 5.20. The Morgan fingerprint density at radius 3 is 2.05 bits per heavy atom. The Bertz CT molecular complexity index is 361. The van der Waals surface area contributed by atoms with E-state index in [2.05, 4.69) is 49.5 Å². The molecule has 0 aromatic heterocycles. The van der Waals surface area contributed by atoms with Crippen LogP contribution in [0.2, 0.25) is 0 Å². The van der Waals surface area contributed by atoms with Crippen LogP contribution in [-0.4, -0.2) is 6.04 Å². The van der Waals surface area contributed by atoms with E-state index in [1.54, 1.807) is 0 Å². The van der Waals surface area contributed by atoms with Gasteiger partial charge in [-0.05, 0) is 24.3 Å². The molecule has 1 atom stereocenters. The van der Waals surface area contributed by atoms with Gasteiger partial charge in [-0.25, -0.2) is 0 Å². The Kier molecular flexibility index (Phi) is 7.29. The van der Waals surface area contributed by atoms with Crippen molar-refractivity contribution >= 4 is 0 Å². The van der Waals surface area contributed by atoms with E-state index in [-0.39, 0.29) is 0 Å². The molecule has 1 aliphatic rings. The summed E-state index contributed by atoms with van der Waals surface area (Å²) in [5, 5.41) is 4.04. The van der Waals surface area contributed by atoms with Gasteiger partial charge in [0.1, 0.15) is 0 Å². The van der Waals surface area contributed by atoms with Crippen molar-refractivity contribution in [3.05, 3.63) is 35.9 Å². The maximum Gasteiger partial charge on any atom is 0.0350 e. The Morgan fingerprint density at radius 1 is 0.905 bits per heavy atom. The molecule has 1 aliphatic carbocycles.